The molecule has 2 heterocycles. The molecule has 1 amide bonds. The summed E-state index contributed by atoms with van der Waals surface area (Å²) in [6, 6.07) is 3.66. The topological polar surface area (TPSA) is 36.4 Å². The first-order chi connectivity index (χ1) is 7.81. The summed E-state index contributed by atoms with van der Waals surface area (Å²) in [6.07, 6.45) is 3.60. The maximum atomic E-state index is 10.7. The Labute approximate surface area is 99.8 Å². The van der Waals surface area contributed by atoms with Crippen molar-refractivity contribution in [3.8, 4) is 0 Å². The number of nitrogens with zero attached hydrogens (tertiary/aromatic N) is 3. The highest BCUT2D eigenvalue weighted by atomic mass is 35.5. The van der Waals surface area contributed by atoms with Crippen LogP contribution in [-0.2, 0) is 4.79 Å². The average molecular weight is 240 g/mol. The number of amides is 1. The monoisotopic (exact) mass is 239 g/mol. The largest absolute Gasteiger partial charge is 0.354 e. The maximum absolute atomic E-state index is 10.7. The van der Waals surface area contributed by atoms with E-state index in [1.54, 1.807) is 11.1 Å². The number of hydrogen-bond acceptors (Lipinski definition) is 3. The predicted octanol–water partition coefficient (Wildman–Crippen LogP) is 1.40. The standard InChI is InChI=1S/C11H14ClN3O/c12-10-3-1-4-13-11(10)15-6-2-5-14(9-16)7-8-15/h1,3-4,9H,2,5-8H2. The quantitative estimate of drug-likeness (QED) is 0.732. The first-order valence-corrected chi connectivity index (χ1v) is 5.74. The van der Waals surface area contributed by atoms with Gasteiger partial charge in [0.25, 0.3) is 0 Å². The highest BCUT2D eigenvalue weighted by molar-refractivity contribution is 6.32. The molecule has 0 bridgehead atoms. The molecule has 1 saturated heterocycles. The molecule has 5 heteroatoms. The molecule has 0 atom stereocenters. The third-order valence-corrected chi connectivity index (χ3v) is 3.01. The zero-order chi connectivity index (χ0) is 11.4. The first-order valence-electron chi connectivity index (χ1n) is 5.36. The second-order valence-electron chi connectivity index (χ2n) is 3.79. The summed E-state index contributed by atoms with van der Waals surface area (Å²) in [5.74, 6) is 0.817. The minimum absolute atomic E-state index is 0.669. The first kappa shape index (κ1) is 11.2. The van der Waals surface area contributed by atoms with Crippen LogP contribution in [0.4, 0.5) is 5.82 Å². The predicted molar refractivity (Wildman–Crippen MR) is 63.7 cm³/mol. The Kier molecular flexibility index (Phi) is 3.62. The number of hydrogen-bond donors (Lipinski definition) is 0. The van der Waals surface area contributed by atoms with Crippen molar-refractivity contribution in [3.05, 3.63) is 23.4 Å². The third-order valence-electron chi connectivity index (χ3n) is 2.72. The van der Waals surface area contributed by atoms with Crippen LogP contribution in [-0.4, -0.2) is 42.5 Å². The van der Waals surface area contributed by atoms with Crippen molar-refractivity contribution in [2.75, 3.05) is 31.1 Å². The van der Waals surface area contributed by atoms with Crippen molar-refractivity contribution >= 4 is 23.8 Å². The lowest BCUT2D eigenvalue weighted by Gasteiger charge is -2.22. The van der Waals surface area contributed by atoms with Crippen molar-refractivity contribution in [2.24, 2.45) is 0 Å². The fourth-order valence-electron chi connectivity index (χ4n) is 1.86. The van der Waals surface area contributed by atoms with Gasteiger partial charge in [0.15, 0.2) is 0 Å². The van der Waals surface area contributed by atoms with E-state index < -0.39 is 0 Å². The van der Waals surface area contributed by atoms with Crippen LogP contribution < -0.4 is 4.90 Å². The van der Waals surface area contributed by atoms with Gasteiger partial charge in [-0.25, -0.2) is 4.98 Å². The van der Waals surface area contributed by atoms with Gasteiger partial charge in [0.05, 0.1) is 5.02 Å². The Morgan fingerprint density at radius 3 is 2.94 bits per heavy atom. The zero-order valence-electron chi connectivity index (χ0n) is 8.97. The van der Waals surface area contributed by atoms with Crippen LogP contribution in [0.5, 0.6) is 0 Å². The van der Waals surface area contributed by atoms with Crippen LogP contribution in [0.2, 0.25) is 5.02 Å². The molecule has 0 N–H and O–H groups in total. The summed E-state index contributed by atoms with van der Waals surface area (Å²) >= 11 is 6.09. The van der Waals surface area contributed by atoms with Crippen molar-refractivity contribution in [1.29, 1.82) is 0 Å². The van der Waals surface area contributed by atoms with Gasteiger partial charge < -0.3 is 9.80 Å². The molecule has 1 aromatic rings. The molecule has 86 valence electrons. The summed E-state index contributed by atoms with van der Waals surface area (Å²) in [5.41, 5.74) is 0. The van der Waals surface area contributed by atoms with E-state index in [-0.39, 0.29) is 0 Å². The number of pyridine rings is 1. The molecule has 1 fully saturated rings. The second-order valence-corrected chi connectivity index (χ2v) is 4.20. The molecule has 2 rings (SSSR count). The fraction of sp³-hybridized carbons (Fsp3) is 0.455. The van der Waals surface area contributed by atoms with E-state index >= 15 is 0 Å². The summed E-state index contributed by atoms with van der Waals surface area (Å²) < 4.78 is 0. The van der Waals surface area contributed by atoms with E-state index in [2.05, 4.69) is 9.88 Å². The molecule has 4 nitrogen and oxygen atoms in total. The lowest BCUT2D eigenvalue weighted by atomic mass is 10.3. The van der Waals surface area contributed by atoms with Gasteiger partial charge in [-0.15, -0.1) is 0 Å². The molecular formula is C11H14ClN3O. The molecule has 0 saturated carbocycles. The lowest BCUT2D eigenvalue weighted by Crippen LogP contribution is -2.30. The highest BCUT2D eigenvalue weighted by Gasteiger charge is 2.16. The molecule has 0 unspecified atom stereocenters. The number of anilines is 1. The van der Waals surface area contributed by atoms with Gasteiger partial charge in [-0.05, 0) is 18.6 Å². The van der Waals surface area contributed by atoms with Crippen LogP contribution >= 0.6 is 11.6 Å². The Balaban J connectivity index is 2.10. The van der Waals surface area contributed by atoms with Crippen LogP contribution in [0.15, 0.2) is 18.3 Å². The van der Waals surface area contributed by atoms with E-state index in [1.807, 2.05) is 12.1 Å². The Morgan fingerprint density at radius 1 is 1.31 bits per heavy atom. The van der Waals surface area contributed by atoms with E-state index in [9.17, 15) is 4.79 Å². The van der Waals surface area contributed by atoms with Gasteiger partial charge in [0.1, 0.15) is 5.82 Å². The summed E-state index contributed by atoms with van der Waals surface area (Å²) in [4.78, 5) is 18.9. The Hall–Kier alpha value is -1.29. The summed E-state index contributed by atoms with van der Waals surface area (Å²) in [6.45, 7) is 3.22. The zero-order valence-corrected chi connectivity index (χ0v) is 9.73. The number of carbonyl (C=O) groups is 1. The Morgan fingerprint density at radius 2 is 2.19 bits per heavy atom. The minimum Gasteiger partial charge on any atom is -0.354 e. The van der Waals surface area contributed by atoms with Gasteiger partial charge >= 0.3 is 0 Å². The smallest absolute Gasteiger partial charge is 0.209 e. The van der Waals surface area contributed by atoms with Gasteiger partial charge in [-0.2, -0.15) is 0 Å². The van der Waals surface area contributed by atoms with Crippen LogP contribution in [0.1, 0.15) is 6.42 Å². The van der Waals surface area contributed by atoms with E-state index in [1.165, 1.54) is 0 Å². The van der Waals surface area contributed by atoms with E-state index in [4.69, 9.17) is 11.6 Å². The molecular weight excluding hydrogens is 226 g/mol. The molecule has 0 spiro atoms. The van der Waals surface area contributed by atoms with Crippen LogP contribution in [0.3, 0.4) is 0 Å². The van der Waals surface area contributed by atoms with E-state index in [0.717, 1.165) is 44.8 Å². The minimum atomic E-state index is 0.669. The number of halogens is 1. The maximum Gasteiger partial charge on any atom is 0.209 e. The molecule has 1 aromatic heterocycles. The van der Waals surface area contributed by atoms with E-state index in [0.29, 0.717) is 5.02 Å². The SMILES string of the molecule is O=CN1CCCN(c2ncccc2Cl)CC1. The third kappa shape index (κ3) is 2.44. The number of aromatic nitrogens is 1. The van der Waals surface area contributed by atoms with Gasteiger partial charge in [-0.3, -0.25) is 4.79 Å². The normalized spacial score (nSPS) is 17.1. The number of rotatable bonds is 2. The summed E-state index contributed by atoms with van der Waals surface area (Å²) in [5, 5.41) is 0.669. The summed E-state index contributed by atoms with van der Waals surface area (Å²) in [7, 11) is 0. The molecule has 0 aromatic carbocycles. The average Bonchev–Trinajstić information content (AvgIpc) is 2.55. The van der Waals surface area contributed by atoms with Gasteiger partial charge in [-0.1, -0.05) is 11.6 Å². The van der Waals surface area contributed by atoms with Crippen molar-refractivity contribution in [2.45, 2.75) is 6.42 Å². The molecule has 1 aliphatic rings. The van der Waals surface area contributed by atoms with Gasteiger partial charge in [0, 0.05) is 32.4 Å². The molecule has 0 aliphatic carbocycles. The van der Waals surface area contributed by atoms with Crippen molar-refractivity contribution in [3.63, 3.8) is 0 Å². The fourth-order valence-corrected chi connectivity index (χ4v) is 2.11. The molecule has 0 radical (unpaired) electrons. The van der Waals surface area contributed by atoms with Crippen molar-refractivity contribution in [1.82, 2.24) is 9.88 Å². The van der Waals surface area contributed by atoms with Gasteiger partial charge in [0.2, 0.25) is 6.41 Å². The second kappa shape index (κ2) is 5.16. The Bertz CT molecular complexity index is 372. The number of carbonyl (C=O) groups excluding carboxylic acids is 1. The molecule has 16 heavy (non-hydrogen) atoms. The lowest BCUT2D eigenvalue weighted by molar-refractivity contribution is -0.117. The van der Waals surface area contributed by atoms with Crippen LogP contribution in [0, 0.1) is 0 Å². The highest BCUT2D eigenvalue weighted by Crippen LogP contribution is 2.23. The molecule has 1 aliphatic heterocycles. The van der Waals surface area contributed by atoms with Crippen molar-refractivity contribution < 1.29 is 4.79 Å². The van der Waals surface area contributed by atoms with Crippen LogP contribution in [0.25, 0.3) is 0 Å².